The second-order valence-corrected chi connectivity index (χ2v) is 7.79. The molecule has 0 saturated carbocycles. The fraction of sp³-hybridized carbons (Fsp3) is 0.647. The number of hydrogen-bond donors (Lipinski definition) is 0. The number of imidazole rings is 1. The number of nitrogens with zero attached hydrogens (tertiary/aromatic N) is 4. The zero-order valence-corrected chi connectivity index (χ0v) is 14.1. The molecule has 118 valence electrons. The maximum atomic E-state index is 4.95. The van der Waals surface area contributed by atoms with Gasteiger partial charge in [-0.05, 0) is 62.9 Å². The SMILES string of the molecule is CN1CCCC1Cc1nc2cccnc2n1C1CCSCC1. The van der Waals surface area contributed by atoms with Gasteiger partial charge in [0.15, 0.2) is 5.65 Å². The van der Waals surface area contributed by atoms with Gasteiger partial charge in [-0.2, -0.15) is 11.8 Å². The summed E-state index contributed by atoms with van der Waals surface area (Å²) < 4.78 is 2.47. The van der Waals surface area contributed by atoms with Crippen molar-refractivity contribution in [1.82, 2.24) is 19.4 Å². The first-order chi connectivity index (χ1) is 10.8. The van der Waals surface area contributed by atoms with E-state index in [1.165, 1.54) is 49.6 Å². The van der Waals surface area contributed by atoms with Crippen LogP contribution in [0.15, 0.2) is 18.3 Å². The molecule has 2 aromatic heterocycles. The van der Waals surface area contributed by atoms with Crippen molar-refractivity contribution in [2.45, 2.75) is 44.2 Å². The van der Waals surface area contributed by atoms with Crippen LogP contribution in [-0.4, -0.2) is 50.6 Å². The molecule has 2 fully saturated rings. The highest BCUT2D eigenvalue weighted by atomic mass is 32.2. The zero-order valence-electron chi connectivity index (χ0n) is 13.2. The van der Waals surface area contributed by atoms with Crippen LogP contribution in [0.3, 0.4) is 0 Å². The summed E-state index contributed by atoms with van der Waals surface area (Å²) in [6, 6.07) is 5.34. The number of thioether (sulfide) groups is 1. The highest BCUT2D eigenvalue weighted by molar-refractivity contribution is 7.99. The second-order valence-electron chi connectivity index (χ2n) is 6.57. The summed E-state index contributed by atoms with van der Waals surface area (Å²) in [5.41, 5.74) is 2.16. The van der Waals surface area contributed by atoms with Gasteiger partial charge in [0.1, 0.15) is 11.3 Å². The third-order valence-corrected chi connectivity index (χ3v) is 6.22. The van der Waals surface area contributed by atoms with Gasteiger partial charge in [0.25, 0.3) is 0 Å². The van der Waals surface area contributed by atoms with E-state index in [-0.39, 0.29) is 0 Å². The number of aromatic nitrogens is 3. The number of rotatable bonds is 3. The molecular formula is C17H24N4S. The molecule has 0 amide bonds. The van der Waals surface area contributed by atoms with Crippen LogP contribution >= 0.6 is 11.8 Å². The Morgan fingerprint density at radius 3 is 2.91 bits per heavy atom. The van der Waals surface area contributed by atoms with E-state index >= 15 is 0 Å². The highest BCUT2D eigenvalue weighted by Gasteiger charge is 2.27. The number of pyridine rings is 1. The summed E-state index contributed by atoms with van der Waals surface area (Å²) >= 11 is 2.08. The molecular weight excluding hydrogens is 292 g/mol. The first-order valence-electron chi connectivity index (χ1n) is 8.43. The normalized spacial score (nSPS) is 24.3. The lowest BCUT2D eigenvalue weighted by molar-refractivity contribution is 0.300. The van der Waals surface area contributed by atoms with Crippen LogP contribution in [0.2, 0.25) is 0 Å². The minimum Gasteiger partial charge on any atom is -0.309 e. The maximum absolute atomic E-state index is 4.95. The topological polar surface area (TPSA) is 34.0 Å². The molecule has 0 spiro atoms. The number of likely N-dealkylation sites (N-methyl/N-ethyl adjacent to an activating group) is 1. The van der Waals surface area contributed by atoms with Gasteiger partial charge in [-0.15, -0.1) is 0 Å². The Kier molecular flexibility index (Phi) is 4.09. The summed E-state index contributed by atoms with van der Waals surface area (Å²) in [5, 5.41) is 0. The van der Waals surface area contributed by atoms with Gasteiger partial charge < -0.3 is 9.47 Å². The lowest BCUT2D eigenvalue weighted by atomic mass is 10.1. The Morgan fingerprint density at radius 1 is 1.27 bits per heavy atom. The van der Waals surface area contributed by atoms with Crippen molar-refractivity contribution in [3.05, 3.63) is 24.2 Å². The number of hydrogen-bond acceptors (Lipinski definition) is 4. The lowest BCUT2D eigenvalue weighted by Gasteiger charge is -2.26. The minimum absolute atomic E-state index is 0.586. The van der Waals surface area contributed by atoms with Crippen molar-refractivity contribution in [3.8, 4) is 0 Å². The maximum Gasteiger partial charge on any atom is 0.160 e. The molecule has 0 aliphatic carbocycles. The van der Waals surface area contributed by atoms with Gasteiger partial charge in [0.05, 0.1) is 0 Å². The van der Waals surface area contributed by atoms with Crippen LogP contribution in [0.5, 0.6) is 0 Å². The van der Waals surface area contributed by atoms with E-state index in [0.29, 0.717) is 12.1 Å². The fourth-order valence-corrected chi connectivity index (χ4v) is 4.98. The number of likely N-dealkylation sites (tertiary alicyclic amines) is 1. The van der Waals surface area contributed by atoms with Gasteiger partial charge in [-0.25, -0.2) is 9.97 Å². The molecule has 5 heteroatoms. The van der Waals surface area contributed by atoms with Gasteiger partial charge in [0, 0.05) is 24.7 Å². The first kappa shape index (κ1) is 14.5. The molecule has 0 aromatic carbocycles. The van der Waals surface area contributed by atoms with E-state index in [9.17, 15) is 0 Å². The molecule has 22 heavy (non-hydrogen) atoms. The molecule has 1 atom stereocenters. The molecule has 4 rings (SSSR count). The Bertz CT molecular complexity index is 647. The zero-order chi connectivity index (χ0) is 14.9. The third-order valence-electron chi connectivity index (χ3n) is 5.17. The van der Waals surface area contributed by atoms with E-state index in [1.807, 2.05) is 12.3 Å². The Labute approximate surface area is 136 Å². The van der Waals surface area contributed by atoms with Crippen LogP contribution in [0.4, 0.5) is 0 Å². The summed E-state index contributed by atoms with van der Waals surface area (Å²) in [6.45, 7) is 1.23. The van der Waals surface area contributed by atoms with Gasteiger partial charge in [-0.1, -0.05) is 0 Å². The smallest absolute Gasteiger partial charge is 0.160 e. The van der Waals surface area contributed by atoms with Gasteiger partial charge in [0.2, 0.25) is 0 Å². The summed E-state index contributed by atoms with van der Waals surface area (Å²) in [7, 11) is 2.25. The molecule has 0 radical (unpaired) electrons. The third kappa shape index (κ3) is 2.65. The van der Waals surface area contributed by atoms with Crippen molar-refractivity contribution in [3.63, 3.8) is 0 Å². The average molecular weight is 316 g/mol. The molecule has 2 aliphatic rings. The molecule has 0 bridgehead atoms. The van der Waals surface area contributed by atoms with Gasteiger partial charge >= 0.3 is 0 Å². The monoisotopic (exact) mass is 316 g/mol. The van der Waals surface area contributed by atoms with Crippen LogP contribution in [0.25, 0.3) is 11.2 Å². The lowest BCUT2D eigenvalue weighted by Crippen LogP contribution is -2.29. The van der Waals surface area contributed by atoms with E-state index in [2.05, 4.69) is 39.3 Å². The average Bonchev–Trinajstić information content (AvgIpc) is 3.12. The van der Waals surface area contributed by atoms with Crippen molar-refractivity contribution in [1.29, 1.82) is 0 Å². The van der Waals surface area contributed by atoms with Crippen LogP contribution in [0, 0.1) is 0 Å². The van der Waals surface area contributed by atoms with E-state index in [4.69, 9.17) is 4.98 Å². The Balaban J connectivity index is 1.72. The predicted molar refractivity (Wildman–Crippen MR) is 92.5 cm³/mol. The van der Waals surface area contributed by atoms with Crippen LogP contribution in [0.1, 0.15) is 37.5 Å². The molecule has 2 aliphatic heterocycles. The van der Waals surface area contributed by atoms with Crippen LogP contribution in [-0.2, 0) is 6.42 Å². The molecule has 0 N–H and O–H groups in total. The highest BCUT2D eigenvalue weighted by Crippen LogP contribution is 2.32. The van der Waals surface area contributed by atoms with Crippen molar-refractivity contribution < 1.29 is 0 Å². The molecule has 4 nitrogen and oxygen atoms in total. The minimum atomic E-state index is 0.586. The quantitative estimate of drug-likeness (QED) is 0.871. The van der Waals surface area contributed by atoms with E-state index < -0.39 is 0 Å². The first-order valence-corrected chi connectivity index (χ1v) is 9.58. The van der Waals surface area contributed by atoms with Gasteiger partial charge in [-0.3, -0.25) is 0 Å². The fourth-order valence-electron chi connectivity index (χ4n) is 3.90. The molecule has 2 saturated heterocycles. The molecule has 4 heterocycles. The predicted octanol–water partition coefficient (Wildman–Crippen LogP) is 3.14. The number of fused-ring (bicyclic) bond motifs is 1. The van der Waals surface area contributed by atoms with E-state index in [0.717, 1.165) is 17.6 Å². The Hall–Kier alpha value is -1.07. The molecule has 1 unspecified atom stereocenters. The van der Waals surface area contributed by atoms with E-state index in [1.54, 1.807) is 0 Å². The largest absolute Gasteiger partial charge is 0.309 e. The van der Waals surface area contributed by atoms with Crippen LogP contribution < -0.4 is 0 Å². The molecule has 2 aromatic rings. The standard InChI is InChI=1S/C17H24N4S/c1-20-9-3-4-14(20)12-16-19-15-5-2-8-18-17(15)21(16)13-6-10-22-11-7-13/h2,5,8,13-14H,3-4,6-7,9-12H2,1H3. The summed E-state index contributed by atoms with van der Waals surface area (Å²) in [6.07, 6.45) is 8.09. The van der Waals surface area contributed by atoms with Crippen molar-refractivity contribution >= 4 is 22.9 Å². The summed E-state index contributed by atoms with van der Waals surface area (Å²) in [4.78, 5) is 12.1. The second kappa shape index (κ2) is 6.20. The Morgan fingerprint density at radius 2 is 2.14 bits per heavy atom. The summed E-state index contributed by atoms with van der Waals surface area (Å²) in [5.74, 6) is 3.78. The van der Waals surface area contributed by atoms with Crippen molar-refractivity contribution in [2.75, 3.05) is 25.1 Å². The van der Waals surface area contributed by atoms with Crippen molar-refractivity contribution in [2.24, 2.45) is 0 Å².